The van der Waals surface area contributed by atoms with Crippen molar-refractivity contribution in [3.05, 3.63) is 87.5 Å². The molecule has 0 bridgehead atoms. The Labute approximate surface area is 158 Å². The number of halogens is 1. The molecule has 0 unspecified atom stereocenters. The third-order valence-corrected chi connectivity index (χ3v) is 4.85. The van der Waals surface area contributed by atoms with Gasteiger partial charge in [0.15, 0.2) is 0 Å². The normalized spacial score (nSPS) is 11.3. The highest BCUT2D eigenvalue weighted by Crippen LogP contribution is 2.19. The molecule has 1 aromatic heterocycles. The van der Waals surface area contributed by atoms with Crippen molar-refractivity contribution < 1.29 is 4.79 Å². The Morgan fingerprint density at radius 2 is 1.92 bits per heavy atom. The molecule has 0 aliphatic carbocycles. The molecule has 0 radical (unpaired) electrons. The molecule has 0 atom stereocenters. The quantitative estimate of drug-likeness (QED) is 0.617. The van der Waals surface area contributed by atoms with E-state index in [0.717, 1.165) is 15.7 Å². The minimum atomic E-state index is -0.192. The van der Waals surface area contributed by atoms with Gasteiger partial charge in [0.05, 0.1) is 12.2 Å². The van der Waals surface area contributed by atoms with Crippen LogP contribution in [-0.2, 0) is 0 Å². The maximum atomic E-state index is 12.6. The molecule has 0 saturated heterocycles. The molecule has 0 aliphatic heterocycles. The van der Waals surface area contributed by atoms with E-state index in [2.05, 4.69) is 32.9 Å². The van der Waals surface area contributed by atoms with Gasteiger partial charge in [0.25, 0.3) is 5.91 Å². The van der Waals surface area contributed by atoms with Crippen molar-refractivity contribution in [2.24, 2.45) is 4.99 Å². The number of hydrogen-bond donors (Lipinski definition) is 1. The second kappa shape index (κ2) is 8.09. The van der Waals surface area contributed by atoms with E-state index in [9.17, 15) is 4.79 Å². The van der Waals surface area contributed by atoms with Crippen LogP contribution in [0.1, 0.15) is 10.4 Å². The first-order valence-electron chi connectivity index (χ1n) is 7.63. The van der Waals surface area contributed by atoms with Crippen molar-refractivity contribution >= 4 is 33.2 Å². The van der Waals surface area contributed by atoms with Crippen molar-refractivity contribution in [2.75, 3.05) is 12.0 Å². The van der Waals surface area contributed by atoms with E-state index in [1.54, 1.807) is 22.9 Å². The summed E-state index contributed by atoms with van der Waals surface area (Å²) in [4.78, 5) is 17.8. The van der Waals surface area contributed by atoms with Crippen molar-refractivity contribution in [1.82, 2.24) is 4.68 Å². The van der Waals surface area contributed by atoms with Gasteiger partial charge in [-0.05, 0) is 24.3 Å². The van der Waals surface area contributed by atoms with Crippen LogP contribution in [0.15, 0.2) is 82.1 Å². The lowest BCUT2D eigenvalue weighted by molar-refractivity contribution is 0.101. The van der Waals surface area contributed by atoms with Crippen LogP contribution in [0.5, 0.6) is 0 Å². The molecule has 25 heavy (non-hydrogen) atoms. The van der Waals surface area contributed by atoms with Crippen LogP contribution in [0.3, 0.4) is 0 Å². The van der Waals surface area contributed by atoms with E-state index in [1.165, 1.54) is 11.3 Å². The van der Waals surface area contributed by atoms with Gasteiger partial charge in [-0.3, -0.25) is 15.2 Å². The van der Waals surface area contributed by atoms with E-state index in [4.69, 9.17) is 0 Å². The first-order valence-corrected chi connectivity index (χ1v) is 9.30. The van der Waals surface area contributed by atoms with E-state index in [-0.39, 0.29) is 5.91 Å². The van der Waals surface area contributed by atoms with E-state index < -0.39 is 0 Å². The molecule has 6 heteroatoms. The van der Waals surface area contributed by atoms with Gasteiger partial charge in [-0.25, -0.2) is 4.68 Å². The second-order valence-corrected chi connectivity index (χ2v) is 6.93. The number of nitrogens with zero attached hydrogens (tertiary/aromatic N) is 2. The Bertz CT molecular complexity index is 943. The number of hydrogen-bond acceptors (Lipinski definition) is 3. The average Bonchev–Trinajstić information content (AvgIpc) is 3.03. The molecule has 3 rings (SSSR count). The molecule has 126 valence electrons. The minimum Gasteiger partial charge on any atom is -0.267 e. The monoisotopic (exact) mass is 413 g/mol. The molecule has 1 N–H and O–H groups in total. The Morgan fingerprint density at radius 3 is 2.60 bits per heavy atom. The molecule has 1 amide bonds. The van der Waals surface area contributed by atoms with Crippen LogP contribution in [-0.4, -0.2) is 17.1 Å². The summed E-state index contributed by atoms with van der Waals surface area (Å²) in [6, 6.07) is 17.1. The van der Waals surface area contributed by atoms with Crippen molar-refractivity contribution in [1.29, 1.82) is 0 Å². The van der Waals surface area contributed by atoms with Gasteiger partial charge in [-0.1, -0.05) is 52.3 Å². The standard InChI is InChI=1S/C19H16BrN3OS/c1-2-12-21-19-23(17(13-25-19)14-6-4-3-5-7-14)22-18(24)15-8-10-16(20)11-9-15/h2-11,13H,1,12H2,(H,22,24). The molecule has 0 spiro atoms. The minimum absolute atomic E-state index is 0.192. The van der Waals surface area contributed by atoms with Gasteiger partial charge < -0.3 is 0 Å². The highest BCUT2D eigenvalue weighted by Gasteiger charge is 2.12. The topological polar surface area (TPSA) is 46.4 Å². The molecule has 0 aliphatic rings. The molecule has 4 nitrogen and oxygen atoms in total. The average molecular weight is 414 g/mol. The summed E-state index contributed by atoms with van der Waals surface area (Å²) in [7, 11) is 0. The zero-order valence-corrected chi connectivity index (χ0v) is 15.8. The summed E-state index contributed by atoms with van der Waals surface area (Å²) in [5, 5.41) is 1.99. The van der Waals surface area contributed by atoms with Crippen LogP contribution >= 0.6 is 27.3 Å². The number of carbonyl (C=O) groups is 1. The van der Waals surface area contributed by atoms with Gasteiger partial charge in [0.2, 0.25) is 4.80 Å². The molecular formula is C19H16BrN3OS. The van der Waals surface area contributed by atoms with Crippen LogP contribution in [0.4, 0.5) is 0 Å². The lowest BCUT2D eigenvalue weighted by atomic mass is 10.2. The fraction of sp³-hybridized carbons (Fsp3) is 0.0526. The number of amides is 1. The first kappa shape index (κ1) is 17.4. The van der Waals surface area contributed by atoms with Crippen LogP contribution < -0.4 is 10.2 Å². The molecular weight excluding hydrogens is 398 g/mol. The lowest BCUT2D eigenvalue weighted by Gasteiger charge is -2.11. The Morgan fingerprint density at radius 1 is 1.20 bits per heavy atom. The fourth-order valence-electron chi connectivity index (χ4n) is 2.25. The highest BCUT2D eigenvalue weighted by atomic mass is 79.9. The molecule has 1 heterocycles. The van der Waals surface area contributed by atoms with Gasteiger partial charge >= 0.3 is 0 Å². The summed E-state index contributed by atoms with van der Waals surface area (Å²) in [5.74, 6) is -0.192. The summed E-state index contributed by atoms with van der Waals surface area (Å²) in [6.07, 6.45) is 1.72. The van der Waals surface area contributed by atoms with Gasteiger partial charge in [-0.2, -0.15) is 0 Å². The zero-order chi connectivity index (χ0) is 17.6. The molecule has 3 aromatic rings. The summed E-state index contributed by atoms with van der Waals surface area (Å²) in [5.41, 5.74) is 5.42. The number of aromatic nitrogens is 1. The molecule has 0 fully saturated rings. The highest BCUT2D eigenvalue weighted by molar-refractivity contribution is 9.10. The number of carbonyl (C=O) groups excluding carboxylic acids is 1. The third-order valence-electron chi connectivity index (χ3n) is 3.45. The van der Waals surface area contributed by atoms with Gasteiger partial charge in [0.1, 0.15) is 0 Å². The number of benzene rings is 2. The van der Waals surface area contributed by atoms with Crippen LogP contribution in [0.25, 0.3) is 11.3 Å². The first-order chi connectivity index (χ1) is 12.2. The van der Waals surface area contributed by atoms with Crippen LogP contribution in [0, 0.1) is 0 Å². The van der Waals surface area contributed by atoms with Crippen molar-refractivity contribution in [3.8, 4) is 11.3 Å². The number of rotatable bonds is 5. The van der Waals surface area contributed by atoms with Crippen LogP contribution in [0.2, 0.25) is 0 Å². The lowest BCUT2D eigenvalue weighted by Crippen LogP contribution is -2.31. The smallest absolute Gasteiger partial charge is 0.267 e. The largest absolute Gasteiger partial charge is 0.270 e. The van der Waals surface area contributed by atoms with Gasteiger partial charge in [0, 0.05) is 21.0 Å². The van der Waals surface area contributed by atoms with Crippen molar-refractivity contribution in [3.63, 3.8) is 0 Å². The Balaban J connectivity index is 2.00. The van der Waals surface area contributed by atoms with Crippen molar-refractivity contribution in [2.45, 2.75) is 0 Å². The predicted molar refractivity (Wildman–Crippen MR) is 106 cm³/mol. The predicted octanol–water partition coefficient (Wildman–Crippen LogP) is 4.45. The number of thiazole rings is 1. The van der Waals surface area contributed by atoms with E-state index in [0.29, 0.717) is 16.9 Å². The second-order valence-electron chi connectivity index (χ2n) is 5.18. The molecule has 2 aromatic carbocycles. The maximum Gasteiger partial charge on any atom is 0.270 e. The Hall–Kier alpha value is -2.44. The van der Waals surface area contributed by atoms with E-state index in [1.807, 2.05) is 47.8 Å². The fourth-order valence-corrected chi connectivity index (χ4v) is 3.37. The van der Waals surface area contributed by atoms with Gasteiger partial charge in [-0.15, -0.1) is 17.9 Å². The maximum absolute atomic E-state index is 12.6. The summed E-state index contributed by atoms with van der Waals surface area (Å²) < 4.78 is 2.66. The summed E-state index contributed by atoms with van der Waals surface area (Å²) in [6.45, 7) is 4.19. The molecule has 0 saturated carbocycles. The number of nitrogens with one attached hydrogen (secondary N) is 1. The Kier molecular flexibility index (Phi) is 5.63. The SMILES string of the molecule is C=CCN=c1scc(-c2ccccc2)n1NC(=O)c1ccc(Br)cc1. The summed E-state index contributed by atoms with van der Waals surface area (Å²) >= 11 is 4.85. The third kappa shape index (κ3) is 4.15. The van der Waals surface area contributed by atoms with E-state index >= 15 is 0 Å². The zero-order valence-electron chi connectivity index (χ0n) is 13.4.